The molecule has 0 amide bonds. The third-order valence-electron chi connectivity index (χ3n) is 6.84. The monoisotopic (exact) mass is 445 g/mol. The highest BCUT2D eigenvalue weighted by Gasteiger charge is 2.35. The van der Waals surface area contributed by atoms with Crippen LogP contribution in [0.25, 0.3) is 11.0 Å². The summed E-state index contributed by atoms with van der Waals surface area (Å²) in [5.74, 6) is 1.95. The summed E-state index contributed by atoms with van der Waals surface area (Å²) in [5.41, 5.74) is 9.74. The highest BCUT2D eigenvalue weighted by Crippen LogP contribution is 2.28. The zero-order chi connectivity index (χ0) is 22.8. The molecule has 33 heavy (non-hydrogen) atoms. The number of nitriles is 1. The molecule has 0 aliphatic carbocycles. The molecule has 0 spiro atoms. The number of aromatic nitrogens is 3. The first-order chi connectivity index (χ1) is 16.1. The molecule has 4 heterocycles. The summed E-state index contributed by atoms with van der Waals surface area (Å²) >= 11 is 0. The molecule has 2 aromatic heterocycles. The van der Waals surface area contributed by atoms with Crippen molar-refractivity contribution in [2.75, 3.05) is 38.5 Å². The molecular weight excluding hydrogens is 414 g/mol. The number of nitrogens with two attached hydrogens (primary N) is 1. The molecule has 8 heteroatoms. The van der Waals surface area contributed by atoms with E-state index in [9.17, 15) is 5.26 Å². The van der Waals surface area contributed by atoms with Crippen LogP contribution in [-0.4, -0.2) is 52.2 Å². The second kappa shape index (κ2) is 9.38. The Hall–Kier alpha value is -3.15. The van der Waals surface area contributed by atoms with Crippen LogP contribution >= 0.6 is 0 Å². The molecule has 2 aliphatic rings. The minimum atomic E-state index is 0.262. The Morgan fingerprint density at radius 3 is 2.48 bits per heavy atom. The summed E-state index contributed by atoms with van der Waals surface area (Å²) in [6.45, 7) is 8.86. The van der Waals surface area contributed by atoms with E-state index < -0.39 is 0 Å². The summed E-state index contributed by atoms with van der Waals surface area (Å²) < 4.78 is 7.58. The molecule has 8 nitrogen and oxygen atoms in total. The second-order valence-electron chi connectivity index (χ2n) is 9.25. The quantitative estimate of drug-likeness (QED) is 0.514. The van der Waals surface area contributed by atoms with Gasteiger partial charge in [0.15, 0.2) is 5.65 Å². The molecular formula is C25H31N7O. The van der Waals surface area contributed by atoms with Gasteiger partial charge in [0.2, 0.25) is 0 Å². The van der Waals surface area contributed by atoms with Crippen LogP contribution in [0.2, 0.25) is 0 Å². The van der Waals surface area contributed by atoms with Crippen LogP contribution in [0.5, 0.6) is 6.01 Å². The molecule has 172 valence electrons. The third kappa shape index (κ3) is 4.52. The van der Waals surface area contributed by atoms with Crippen LogP contribution in [0.15, 0.2) is 30.3 Å². The topological polar surface area (TPSA) is 105 Å². The van der Waals surface area contributed by atoms with Crippen LogP contribution in [-0.2, 0) is 13.1 Å². The molecule has 3 aromatic rings. The molecule has 0 radical (unpaired) electrons. The molecule has 3 N–H and O–H groups in total. The van der Waals surface area contributed by atoms with Crippen LogP contribution in [0.1, 0.15) is 36.6 Å². The molecule has 2 fully saturated rings. The molecule has 2 aliphatic heterocycles. The van der Waals surface area contributed by atoms with E-state index >= 15 is 0 Å². The van der Waals surface area contributed by atoms with E-state index in [1.807, 2.05) is 4.57 Å². The van der Waals surface area contributed by atoms with Gasteiger partial charge in [-0.3, -0.25) is 4.90 Å². The second-order valence-corrected chi connectivity index (χ2v) is 9.25. The highest BCUT2D eigenvalue weighted by molar-refractivity contribution is 5.88. The average Bonchev–Trinajstić information content (AvgIpc) is 3.49. The van der Waals surface area contributed by atoms with Gasteiger partial charge in [0.05, 0.1) is 18.5 Å². The number of likely N-dealkylation sites (tertiary alicyclic amines) is 1. The van der Waals surface area contributed by atoms with Crippen molar-refractivity contribution < 1.29 is 4.74 Å². The fraction of sp³-hybridized carbons (Fsp3) is 0.480. The van der Waals surface area contributed by atoms with Gasteiger partial charge in [-0.05, 0) is 48.5 Å². The van der Waals surface area contributed by atoms with Gasteiger partial charge in [0.25, 0.3) is 0 Å². The summed E-state index contributed by atoms with van der Waals surface area (Å²) in [7, 11) is 0. The maximum absolute atomic E-state index is 9.70. The zero-order valence-corrected chi connectivity index (χ0v) is 19.1. The number of benzene rings is 1. The fourth-order valence-electron chi connectivity index (χ4n) is 5.02. The van der Waals surface area contributed by atoms with E-state index in [-0.39, 0.29) is 6.01 Å². The number of nitrogens with zero attached hydrogens (tertiary/aromatic N) is 5. The van der Waals surface area contributed by atoms with Crippen molar-refractivity contribution in [1.29, 1.82) is 5.26 Å². The Morgan fingerprint density at radius 1 is 1.12 bits per heavy atom. The largest absolute Gasteiger partial charge is 0.463 e. The zero-order valence-electron chi connectivity index (χ0n) is 19.1. The van der Waals surface area contributed by atoms with Crippen LogP contribution < -0.4 is 15.8 Å². The maximum atomic E-state index is 9.70. The van der Waals surface area contributed by atoms with Crippen molar-refractivity contribution in [1.82, 2.24) is 24.8 Å². The van der Waals surface area contributed by atoms with Crippen molar-refractivity contribution in [2.24, 2.45) is 11.8 Å². The van der Waals surface area contributed by atoms with E-state index in [0.29, 0.717) is 35.7 Å². The number of ether oxygens (including phenoxy) is 1. The smallest absolute Gasteiger partial charge is 0.320 e. The van der Waals surface area contributed by atoms with Crippen LogP contribution in [0, 0.1) is 23.2 Å². The number of hydrogen-bond acceptors (Lipinski definition) is 7. The van der Waals surface area contributed by atoms with E-state index in [4.69, 9.17) is 10.5 Å². The Kier molecular flexibility index (Phi) is 6.16. The number of nitrogens with one attached hydrogen (secondary N) is 1. The molecule has 2 atom stereocenters. The van der Waals surface area contributed by atoms with Gasteiger partial charge in [-0.25, -0.2) is 0 Å². The lowest BCUT2D eigenvalue weighted by atomic mass is 10.0. The van der Waals surface area contributed by atoms with Gasteiger partial charge in [0, 0.05) is 19.6 Å². The van der Waals surface area contributed by atoms with E-state index in [0.717, 1.165) is 49.9 Å². The van der Waals surface area contributed by atoms with E-state index in [2.05, 4.69) is 57.4 Å². The number of nitrogen functional groups attached to an aromatic ring is 1. The number of hydrogen-bond donors (Lipinski definition) is 2. The van der Waals surface area contributed by atoms with Gasteiger partial charge in [-0.1, -0.05) is 37.6 Å². The molecule has 0 saturated carbocycles. The minimum absolute atomic E-state index is 0.262. The van der Waals surface area contributed by atoms with Crippen LogP contribution in [0.3, 0.4) is 0 Å². The molecule has 2 unspecified atom stereocenters. The fourth-order valence-corrected chi connectivity index (χ4v) is 5.02. The summed E-state index contributed by atoms with van der Waals surface area (Å²) in [6, 6.07) is 13.0. The predicted molar refractivity (Wildman–Crippen MR) is 128 cm³/mol. The van der Waals surface area contributed by atoms with Crippen LogP contribution in [0.4, 0.5) is 5.82 Å². The number of fused-ring (bicyclic) bond motifs is 2. The predicted octanol–water partition coefficient (Wildman–Crippen LogP) is 2.76. The van der Waals surface area contributed by atoms with Gasteiger partial charge in [-0.2, -0.15) is 15.2 Å². The Bertz CT molecular complexity index is 1150. The van der Waals surface area contributed by atoms with Crippen molar-refractivity contribution >= 4 is 16.9 Å². The molecule has 5 rings (SSSR count). The Balaban J connectivity index is 1.33. The molecule has 1 aromatic carbocycles. The minimum Gasteiger partial charge on any atom is -0.463 e. The van der Waals surface area contributed by atoms with Gasteiger partial charge >= 0.3 is 6.01 Å². The molecule has 0 bridgehead atoms. The van der Waals surface area contributed by atoms with Gasteiger partial charge in [-0.15, -0.1) is 0 Å². The third-order valence-corrected chi connectivity index (χ3v) is 6.84. The summed E-state index contributed by atoms with van der Waals surface area (Å²) in [6.07, 6.45) is 1.95. The van der Waals surface area contributed by atoms with Crippen molar-refractivity contribution in [3.63, 3.8) is 0 Å². The lowest BCUT2D eigenvalue weighted by Gasteiger charge is -2.17. The standard InChI is InChI=1S/C25H31N7O/c1-2-3-8-33-25-29-23(27)22-9-21(10-26)32(24(22)30-25)14-18-6-4-17(5-7-18)13-31-15-19-11-28-12-20(19)16-31/h4-7,9,19-20,28H,2-3,8,11-16H2,1H3,(H2,27,29,30). The van der Waals surface area contributed by atoms with Gasteiger partial charge < -0.3 is 20.4 Å². The molecule has 2 saturated heterocycles. The normalized spacial score (nSPS) is 20.2. The first-order valence-electron chi connectivity index (χ1n) is 11.8. The van der Waals surface area contributed by atoms with Crippen molar-refractivity contribution in [2.45, 2.75) is 32.9 Å². The van der Waals surface area contributed by atoms with Gasteiger partial charge in [0.1, 0.15) is 17.6 Å². The first kappa shape index (κ1) is 21.7. The average molecular weight is 446 g/mol. The lowest BCUT2D eigenvalue weighted by molar-refractivity contribution is 0.286. The highest BCUT2D eigenvalue weighted by atomic mass is 16.5. The van der Waals surface area contributed by atoms with Crippen molar-refractivity contribution in [3.8, 4) is 12.1 Å². The number of rotatable bonds is 8. The SMILES string of the molecule is CCCCOc1nc(N)c2cc(C#N)n(Cc3ccc(CN4CC5CNCC5C4)cc3)c2n1. The van der Waals surface area contributed by atoms with E-state index in [1.54, 1.807) is 6.07 Å². The summed E-state index contributed by atoms with van der Waals surface area (Å²) in [4.78, 5) is 11.4. The number of unbranched alkanes of at least 4 members (excludes halogenated alkanes) is 1. The Labute approximate surface area is 194 Å². The first-order valence-corrected chi connectivity index (χ1v) is 11.8. The van der Waals surface area contributed by atoms with Crippen molar-refractivity contribution in [3.05, 3.63) is 47.2 Å². The summed E-state index contributed by atoms with van der Waals surface area (Å²) in [5, 5.41) is 13.9. The number of anilines is 1. The Morgan fingerprint density at radius 2 is 1.82 bits per heavy atom. The maximum Gasteiger partial charge on any atom is 0.320 e. The lowest BCUT2D eigenvalue weighted by Crippen LogP contribution is -2.25. The van der Waals surface area contributed by atoms with E-state index in [1.165, 1.54) is 18.7 Å².